The molecule has 0 saturated carbocycles. The van der Waals surface area contributed by atoms with Gasteiger partial charge in [-0.25, -0.2) is 0 Å². The van der Waals surface area contributed by atoms with Gasteiger partial charge in [0, 0.05) is 5.39 Å². The van der Waals surface area contributed by atoms with Crippen LogP contribution in [0.3, 0.4) is 0 Å². The highest BCUT2D eigenvalue weighted by atomic mass is 16.3. The predicted molar refractivity (Wildman–Crippen MR) is 69.5 cm³/mol. The summed E-state index contributed by atoms with van der Waals surface area (Å²) in [5.74, 6) is 1.43. The minimum Gasteiger partial charge on any atom is -0.492 e. The van der Waals surface area contributed by atoms with Gasteiger partial charge in [0.1, 0.15) is 5.58 Å². The molecular weight excluding hydrogens is 228 g/mol. The maximum atomic E-state index is 9.75. The number of aromatic amines is 1. The second-order valence-electron chi connectivity index (χ2n) is 4.63. The number of rotatable bonds is 2. The molecule has 4 nitrogen and oxygen atoms in total. The van der Waals surface area contributed by atoms with Crippen molar-refractivity contribution in [2.24, 2.45) is 0 Å². The fourth-order valence-electron chi connectivity index (χ4n) is 2.00. The maximum absolute atomic E-state index is 9.75. The van der Waals surface area contributed by atoms with Crippen molar-refractivity contribution >= 4 is 11.0 Å². The van der Waals surface area contributed by atoms with E-state index in [4.69, 9.17) is 4.42 Å². The molecule has 4 heteroatoms. The average molecular weight is 242 g/mol. The molecule has 2 heterocycles. The van der Waals surface area contributed by atoms with Crippen molar-refractivity contribution in [3.8, 4) is 17.5 Å². The number of aromatic nitrogens is 2. The number of nitrogens with one attached hydrogen (secondary N) is 1. The van der Waals surface area contributed by atoms with E-state index in [1.165, 1.54) is 0 Å². The van der Waals surface area contributed by atoms with Crippen LogP contribution >= 0.6 is 0 Å². The van der Waals surface area contributed by atoms with Gasteiger partial charge in [0.25, 0.3) is 0 Å². The summed E-state index contributed by atoms with van der Waals surface area (Å²) >= 11 is 0. The summed E-state index contributed by atoms with van der Waals surface area (Å²) in [6.07, 6.45) is 0. The Balaban J connectivity index is 2.11. The van der Waals surface area contributed by atoms with E-state index in [0.717, 1.165) is 16.7 Å². The molecule has 1 aromatic carbocycles. The van der Waals surface area contributed by atoms with Crippen LogP contribution in [0.2, 0.25) is 0 Å². The van der Waals surface area contributed by atoms with Crippen LogP contribution in [0.1, 0.15) is 25.5 Å². The first kappa shape index (κ1) is 10.9. The van der Waals surface area contributed by atoms with E-state index in [1.807, 2.05) is 44.2 Å². The molecule has 3 aromatic rings. The lowest BCUT2D eigenvalue weighted by Gasteiger charge is -1.99. The van der Waals surface area contributed by atoms with Crippen LogP contribution < -0.4 is 0 Å². The molecule has 0 unspecified atom stereocenters. The number of hydrogen-bond donors (Lipinski definition) is 2. The molecule has 18 heavy (non-hydrogen) atoms. The third kappa shape index (κ3) is 1.66. The minimum atomic E-state index is 0.0421. The summed E-state index contributed by atoms with van der Waals surface area (Å²) in [6, 6.07) is 9.69. The standard InChI is InChI=1S/C14H14N2O2/c1-8(2)12-14(17)16-13(15-12)11-7-9-5-3-4-6-10(9)18-11/h3-8,17H,1-2H3,(H,15,16). The first-order chi connectivity index (χ1) is 8.65. The highest BCUT2D eigenvalue weighted by Crippen LogP contribution is 2.30. The highest BCUT2D eigenvalue weighted by molar-refractivity contribution is 5.81. The van der Waals surface area contributed by atoms with Gasteiger partial charge in [0.05, 0.1) is 5.69 Å². The van der Waals surface area contributed by atoms with Gasteiger partial charge in [-0.1, -0.05) is 32.0 Å². The van der Waals surface area contributed by atoms with E-state index >= 15 is 0 Å². The van der Waals surface area contributed by atoms with Crippen LogP contribution in [-0.2, 0) is 0 Å². The maximum Gasteiger partial charge on any atom is 0.233 e. The lowest BCUT2D eigenvalue weighted by atomic mass is 10.1. The topological polar surface area (TPSA) is 62.0 Å². The number of fused-ring (bicyclic) bond motifs is 1. The normalized spacial score (nSPS) is 11.5. The van der Waals surface area contributed by atoms with Crippen LogP contribution in [0.4, 0.5) is 0 Å². The Hall–Kier alpha value is -2.23. The van der Waals surface area contributed by atoms with Crippen LogP contribution in [0, 0.1) is 0 Å². The Morgan fingerprint density at radius 3 is 2.72 bits per heavy atom. The molecule has 0 amide bonds. The lowest BCUT2D eigenvalue weighted by Crippen LogP contribution is -1.87. The number of nitrogens with zero attached hydrogens (tertiary/aromatic N) is 1. The third-order valence-corrected chi connectivity index (χ3v) is 2.95. The van der Waals surface area contributed by atoms with E-state index in [2.05, 4.69) is 9.97 Å². The summed E-state index contributed by atoms with van der Waals surface area (Å²) in [6.45, 7) is 3.99. The van der Waals surface area contributed by atoms with Crippen molar-refractivity contribution in [3.63, 3.8) is 0 Å². The van der Waals surface area contributed by atoms with Gasteiger partial charge in [-0.05, 0) is 18.1 Å². The number of H-pyrrole nitrogens is 1. The lowest BCUT2D eigenvalue weighted by molar-refractivity contribution is 0.446. The molecule has 0 radical (unpaired) electrons. The van der Waals surface area contributed by atoms with Gasteiger partial charge in [-0.15, -0.1) is 0 Å². The summed E-state index contributed by atoms with van der Waals surface area (Å²) < 4.78 is 5.70. The van der Waals surface area contributed by atoms with Gasteiger partial charge < -0.3 is 14.5 Å². The molecule has 92 valence electrons. The Bertz CT molecular complexity index is 662. The molecule has 2 N–H and O–H groups in total. The van der Waals surface area contributed by atoms with Crippen LogP contribution in [0.5, 0.6) is 5.88 Å². The van der Waals surface area contributed by atoms with E-state index in [0.29, 0.717) is 11.6 Å². The molecule has 0 aliphatic heterocycles. The SMILES string of the molecule is CC(C)c1[nH]c(-c2cc3ccccc3o2)nc1O. The molecule has 2 aromatic heterocycles. The van der Waals surface area contributed by atoms with E-state index in [9.17, 15) is 5.11 Å². The van der Waals surface area contributed by atoms with E-state index in [-0.39, 0.29) is 11.8 Å². The number of hydrogen-bond acceptors (Lipinski definition) is 3. The van der Waals surface area contributed by atoms with E-state index < -0.39 is 0 Å². The van der Waals surface area contributed by atoms with Crippen molar-refractivity contribution in [2.45, 2.75) is 19.8 Å². The molecule has 0 atom stereocenters. The van der Waals surface area contributed by atoms with Crippen LogP contribution in [0.15, 0.2) is 34.7 Å². The fraction of sp³-hybridized carbons (Fsp3) is 0.214. The fourth-order valence-corrected chi connectivity index (χ4v) is 2.00. The van der Waals surface area contributed by atoms with Crippen molar-refractivity contribution in [3.05, 3.63) is 36.0 Å². The largest absolute Gasteiger partial charge is 0.492 e. The van der Waals surface area contributed by atoms with Crippen molar-refractivity contribution in [1.29, 1.82) is 0 Å². The Kier molecular flexibility index (Phi) is 2.37. The Morgan fingerprint density at radius 1 is 1.28 bits per heavy atom. The zero-order chi connectivity index (χ0) is 12.7. The van der Waals surface area contributed by atoms with E-state index in [1.54, 1.807) is 0 Å². The van der Waals surface area contributed by atoms with Gasteiger partial charge in [-0.3, -0.25) is 0 Å². The zero-order valence-corrected chi connectivity index (χ0v) is 10.3. The van der Waals surface area contributed by atoms with Crippen molar-refractivity contribution < 1.29 is 9.52 Å². The van der Waals surface area contributed by atoms with Gasteiger partial charge in [-0.2, -0.15) is 4.98 Å². The number of furan rings is 1. The van der Waals surface area contributed by atoms with Crippen molar-refractivity contribution in [1.82, 2.24) is 9.97 Å². The molecule has 0 fully saturated rings. The second-order valence-corrected chi connectivity index (χ2v) is 4.63. The molecule has 3 rings (SSSR count). The number of benzene rings is 1. The molecule has 0 spiro atoms. The second kappa shape index (κ2) is 3.91. The highest BCUT2D eigenvalue weighted by Gasteiger charge is 2.16. The van der Waals surface area contributed by atoms with Crippen LogP contribution in [-0.4, -0.2) is 15.1 Å². The number of aromatic hydroxyl groups is 1. The summed E-state index contributed by atoms with van der Waals surface area (Å²) in [5, 5.41) is 10.8. The monoisotopic (exact) mass is 242 g/mol. The molecule has 0 aliphatic rings. The summed E-state index contributed by atoms with van der Waals surface area (Å²) in [4.78, 5) is 7.21. The first-order valence-electron chi connectivity index (χ1n) is 5.93. The molecular formula is C14H14N2O2. The molecule has 0 bridgehead atoms. The first-order valence-corrected chi connectivity index (χ1v) is 5.93. The number of para-hydroxylation sites is 1. The summed E-state index contributed by atoms with van der Waals surface area (Å²) in [5.41, 5.74) is 1.54. The quantitative estimate of drug-likeness (QED) is 0.721. The molecule has 0 aliphatic carbocycles. The van der Waals surface area contributed by atoms with Gasteiger partial charge in [0.15, 0.2) is 11.6 Å². The van der Waals surface area contributed by atoms with Gasteiger partial charge >= 0.3 is 0 Å². The zero-order valence-electron chi connectivity index (χ0n) is 10.3. The third-order valence-electron chi connectivity index (χ3n) is 2.95. The Labute approximate surface area is 104 Å². The Morgan fingerprint density at radius 2 is 2.06 bits per heavy atom. The number of imidazole rings is 1. The summed E-state index contributed by atoms with van der Waals surface area (Å²) in [7, 11) is 0. The van der Waals surface area contributed by atoms with Crippen molar-refractivity contribution in [2.75, 3.05) is 0 Å². The van der Waals surface area contributed by atoms with Gasteiger partial charge in [0.2, 0.25) is 5.88 Å². The average Bonchev–Trinajstić information content (AvgIpc) is 2.91. The molecule has 0 saturated heterocycles. The van der Waals surface area contributed by atoms with Crippen LogP contribution in [0.25, 0.3) is 22.6 Å². The minimum absolute atomic E-state index is 0.0421. The predicted octanol–water partition coefficient (Wildman–Crippen LogP) is 3.65. The smallest absolute Gasteiger partial charge is 0.233 e.